The van der Waals surface area contributed by atoms with Crippen LogP contribution in [-0.2, 0) is 6.54 Å². The summed E-state index contributed by atoms with van der Waals surface area (Å²) in [5, 5.41) is 4.32. The topological polar surface area (TPSA) is 43.4 Å². The normalized spacial score (nSPS) is 13.5. The molecular formula is C14H16N2O2S. The average Bonchev–Trinajstić information content (AvgIpc) is 2.93. The van der Waals surface area contributed by atoms with Crippen molar-refractivity contribution in [1.82, 2.24) is 10.3 Å². The zero-order valence-electron chi connectivity index (χ0n) is 10.8. The fourth-order valence-corrected chi connectivity index (χ4v) is 2.83. The second kappa shape index (κ2) is 5.59. The number of fused-ring (bicyclic) bond motifs is 1. The van der Waals surface area contributed by atoms with Gasteiger partial charge in [0, 0.05) is 23.2 Å². The standard InChI is InChI=1S/C14H16N2O2S/c1-2-15-8-11-9-16-14(19-11)10-3-4-12-13(7-10)18-6-5-17-12/h3-4,7,9,15H,2,5-6,8H2,1H3. The third-order valence-corrected chi connectivity index (χ3v) is 3.94. The van der Waals surface area contributed by atoms with Crippen LogP contribution in [0.25, 0.3) is 10.6 Å². The number of nitrogens with one attached hydrogen (secondary N) is 1. The lowest BCUT2D eigenvalue weighted by Gasteiger charge is -2.18. The summed E-state index contributed by atoms with van der Waals surface area (Å²) in [6, 6.07) is 5.99. The molecule has 1 aromatic heterocycles. The summed E-state index contributed by atoms with van der Waals surface area (Å²) in [4.78, 5) is 5.71. The first kappa shape index (κ1) is 12.4. The number of aromatic nitrogens is 1. The van der Waals surface area contributed by atoms with Gasteiger partial charge in [-0.05, 0) is 24.7 Å². The van der Waals surface area contributed by atoms with E-state index >= 15 is 0 Å². The first-order chi connectivity index (χ1) is 9.36. The summed E-state index contributed by atoms with van der Waals surface area (Å²) in [5.41, 5.74) is 1.08. The Morgan fingerprint density at radius 2 is 2.11 bits per heavy atom. The van der Waals surface area contributed by atoms with E-state index in [1.807, 2.05) is 24.4 Å². The van der Waals surface area contributed by atoms with E-state index in [1.54, 1.807) is 11.3 Å². The summed E-state index contributed by atoms with van der Waals surface area (Å²) >= 11 is 1.71. The molecule has 4 nitrogen and oxygen atoms in total. The molecule has 5 heteroatoms. The zero-order chi connectivity index (χ0) is 13.1. The van der Waals surface area contributed by atoms with Gasteiger partial charge in [0.1, 0.15) is 18.2 Å². The number of thiazole rings is 1. The average molecular weight is 276 g/mol. The highest BCUT2D eigenvalue weighted by molar-refractivity contribution is 7.15. The number of nitrogens with zero attached hydrogens (tertiary/aromatic N) is 1. The molecule has 1 aliphatic heterocycles. The van der Waals surface area contributed by atoms with Gasteiger partial charge in [-0.1, -0.05) is 6.92 Å². The molecule has 0 aliphatic carbocycles. The molecule has 0 radical (unpaired) electrons. The maximum Gasteiger partial charge on any atom is 0.162 e. The molecule has 0 saturated carbocycles. The van der Waals surface area contributed by atoms with E-state index < -0.39 is 0 Å². The largest absolute Gasteiger partial charge is 0.486 e. The first-order valence-electron chi connectivity index (χ1n) is 6.42. The number of hydrogen-bond donors (Lipinski definition) is 1. The molecule has 1 aromatic carbocycles. The van der Waals surface area contributed by atoms with E-state index in [-0.39, 0.29) is 0 Å². The van der Waals surface area contributed by atoms with Crippen molar-refractivity contribution in [3.63, 3.8) is 0 Å². The Hall–Kier alpha value is -1.59. The van der Waals surface area contributed by atoms with Crippen LogP contribution < -0.4 is 14.8 Å². The number of rotatable bonds is 4. The molecule has 0 bridgehead atoms. The van der Waals surface area contributed by atoms with E-state index in [2.05, 4.69) is 17.2 Å². The molecule has 0 atom stereocenters. The Morgan fingerprint density at radius 3 is 2.95 bits per heavy atom. The van der Waals surface area contributed by atoms with Crippen LogP contribution in [0.2, 0.25) is 0 Å². The molecule has 0 spiro atoms. The Morgan fingerprint density at radius 1 is 1.26 bits per heavy atom. The van der Waals surface area contributed by atoms with Crippen LogP contribution in [0.3, 0.4) is 0 Å². The molecule has 2 aromatic rings. The van der Waals surface area contributed by atoms with Crippen molar-refractivity contribution in [3.8, 4) is 22.1 Å². The van der Waals surface area contributed by atoms with Crippen LogP contribution in [0.1, 0.15) is 11.8 Å². The van der Waals surface area contributed by atoms with E-state index in [0.29, 0.717) is 13.2 Å². The molecule has 0 saturated heterocycles. The summed E-state index contributed by atoms with van der Waals surface area (Å²) in [7, 11) is 0. The van der Waals surface area contributed by atoms with Crippen LogP contribution >= 0.6 is 11.3 Å². The van der Waals surface area contributed by atoms with Crippen LogP contribution in [0.15, 0.2) is 24.4 Å². The van der Waals surface area contributed by atoms with E-state index in [4.69, 9.17) is 9.47 Å². The highest BCUT2D eigenvalue weighted by Gasteiger charge is 2.13. The van der Waals surface area contributed by atoms with Crippen molar-refractivity contribution in [1.29, 1.82) is 0 Å². The summed E-state index contributed by atoms with van der Waals surface area (Å²) < 4.78 is 11.1. The second-order valence-corrected chi connectivity index (χ2v) is 5.39. The van der Waals surface area contributed by atoms with Crippen LogP contribution in [0.5, 0.6) is 11.5 Å². The summed E-state index contributed by atoms with van der Waals surface area (Å²) in [6.45, 7) is 5.18. The Balaban J connectivity index is 1.83. The third-order valence-electron chi connectivity index (χ3n) is 2.89. The molecule has 0 amide bonds. The van der Waals surface area contributed by atoms with E-state index in [0.717, 1.165) is 35.2 Å². The van der Waals surface area contributed by atoms with Gasteiger partial charge < -0.3 is 14.8 Å². The van der Waals surface area contributed by atoms with E-state index in [9.17, 15) is 0 Å². The smallest absolute Gasteiger partial charge is 0.162 e. The van der Waals surface area contributed by atoms with Crippen molar-refractivity contribution < 1.29 is 9.47 Å². The van der Waals surface area contributed by atoms with Gasteiger partial charge in [-0.3, -0.25) is 0 Å². The van der Waals surface area contributed by atoms with E-state index in [1.165, 1.54) is 4.88 Å². The number of benzene rings is 1. The van der Waals surface area contributed by atoms with Gasteiger partial charge in [0.25, 0.3) is 0 Å². The predicted molar refractivity (Wildman–Crippen MR) is 75.9 cm³/mol. The Bertz CT molecular complexity index is 568. The monoisotopic (exact) mass is 276 g/mol. The van der Waals surface area contributed by atoms with Crippen molar-refractivity contribution in [2.24, 2.45) is 0 Å². The van der Waals surface area contributed by atoms with Crippen LogP contribution in [0.4, 0.5) is 0 Å². The molecular weight excluding hydrogens is 260 g/mol. The minimum absolute atomic E-state index is 0.611. The maximum atomic E-state index is 5.60. The molecule has 19 heavy (non-hydrogen) atoms. The molecule has 0 fully saturated rings. The lowest BCUT2D eigenvalue weighted by Crippen LogP contribution is -2.15. The van der Waals surface area contributed by atoms with Crippen LogP contribution in [-0.4, -0.2) is 24.7 Å². The maximum absolute atomic E-state index is 5.60. The molecule has 100 valence electrons. The van der Waals surface area contributed by atoms with Crippen molar-refractivity contribution in [2.45, 2.75) is 13.5 Å². The highest BCUT2D eigenvalue weighted by atomic mass is 32.1. The lowest BCUT2D eigenvalue weighted by molar-refractivity contribution is 0.171. The lowest BCUT2D eigenvalue weighted by atomic mass is 10.2. The molecule has 1 aliphatic rings. The van der Waals surface area contributed by atoms with Gasteiger partial charge in [-0.25, -0.2) is 4.98 Å². The summed E-state index contributed by atoms with van der Waals surface area (Å²) in [6.07, 6.45) is 1.93. The molecule has 1 N–H and O–H groups in total. The summed E-state index contributed by atoms with van der Waals surface area (Å²) in [5.74, 6) is 1.63. The molecule has 0 unspecified atom stereocenters. The minimum Gasteiger partial charge on any atom is -0.486 e. The molecule has 3 rings (SSSR count). The van der Waals surface area contributed by atoms with Crippen molar-refractivity contribution in [3.05, 3.63) is 29.3 Å². The number of hydrogen-bond acceptors (Lipinski definition) is 5. The van der Waals surface area contributed by atoms with Gasteiger partial charge in [-0.2, -0.15) is 0 Å². The van der Waals surface area contributed by atoms with Crippen molar-refractivity contribution in [2.75, 3.05) is 19.8 Å². The van der Waals surface area contributed by atoms with Gasteiger partial charge in [0.05, 0.1) is 0 Å². The predicted octanol–water partition coefficient (Wildman–Crippen LogP) is 2.69. The second-order valence-electron chi connectivity index (χ2n) is 4.27. The van der Waals surface area contributed by atoms with Crippen LogP contribution in [0, 0.1) is 0 Å². The first-order valence-corrected chi connectivity index (χ1v) is 7.24. The highest BCUT2D eigenvalue weighted by Crippen LogP contribution is 2.35. The Kier molecular flexibility index (Phi) is 3.66. The van der Waals surface area contributed by atoms with Gasteiger partial charge >= 0.3 is 0 Å². The molecule has 2 heterocycles. The fourth-order valence-electron chi connectivity index (χ4n) is 1.95. The van der Waals surface area contributed by atoms with Crippen molar-refractivity contribution >= 4 is 11.3 Å². The van der Waals surface area contributed by atoms with Gasteiger partial charge in [-0.15, -0.1) is 11.3 Å². The number of ether oxygens (including phenoxy) is 2. The van der Waals surface area contributed by atoms with Gasteiger partial charge in [0.2, 0.25) is 0 Å². The third kappa shape index (κ3) is 2.72. The zero-order valence-corrected chi connectivity index (χ0v) is 11.6. The quantitative estimate of drug-likeness (QED) is 0.932. The fraction of sp³-hybridized carbons (Fsp3) is 0.357. The van der Waals surface area contributed by atoms with Gasteiger partial charge in [0.15, 0.2) is 11.5 Å². The Labute approximate surface area is 116 Å². The SMILES string of the molecule is CCNCc1cnc(-c2ccc3c(c2)OCCO3)s1. The minimum atomic E-state index is 0.611.